The van der Waals surface area contributed by atoms with Gasteiger partial charge < -0.3 is 4.90 Å². The minimum absolute atomic E-state index is 0.660. The van der Waals surface area contributed by atoms with Crippen LogP contribution >= 0.6 is 0 Å². The highest BCUT2D eigenvalue weighted by Gasteiger charge is 2.29. The van der Waals surface area contributed by atoms with Gasteiger partial charge in [-0.1, -0.05) is 31.2 Å². The topological polar surface area (TPSA) is 60.9 Å². The number of nitrogens with zero attached hydrogens (tertiary/aromatic N) is 5. The van der Waals surface area contributed by atoms with Crippen LogP contribution < -0.4 is 0 Å². The number of rotatable bonds is 6. The van der Waals surface area contributed by atoms with E-state index in [-0.39, 0.29) is 0 Å². The molecule has 0 saturated carbocycles. The summed E-state index contributed by atoms with van der Waals surface area (Å²) in [5.74, 6) is 2.58. The third kappa shape index (κ3) is 4.74. The summed E-state index contributed by atoms with van der Waals surface area (Å²) in [6.07, 6.45) is 6.88. The molecule has 2 saturated heterocycles. The molecule has 2 aliphatic rings. The summed E-state index contributed by atoms with van der Waals surface area (Å²) in [6.45, 7) is 9.77. The molecule has 0 spiro atoms. The number of hydrogen-bond donors (Lipinski definition) is 1. The van der Waals surface area contributed by atoms with Crippen molar-refractivity contribution in [3.8, 4) is 11.4 Å². The molecule has 0 atom stereocenters. The Labute approximate surface area is 162 Å². The lowest BCUT2D eigenvalue weighted by atomic mass is 9.78. The first-order chi connectivity index (χ1) is 13.3. The number of aromatic amines is 1. The van der Waals surface area contributed by atoms with Gasteiger partial charge in [0.1, 0.15) is 0 Å². The number of benzene rings is 1. The van der Waals surface area contributed by atoms with Crippen LogP contribution in [0.1, 0.15) is 44.6 Å². The second-order valence-corrected chi connectivity index (χ2v) is 8.22. The van der Waals surface area contributed by atoms with Crippen molar-refractivity contribution < 1.29 is 0 Å². The van der Waals surface area contributed by atoms with Crippen molar-refractivity contribution in [1.29, 1.82) is 0 Å². The fourth-order valence-electron chi connectivity index (χ4n) is 4.85. The van der Waals surface area contributed by atoms with Gasteiger partial charge in [0.15, 0.2) is 0 Å². The normalized spacial score (nSPS) is 20.9. The number of piperidine rings is 2. The van der Waals surface area contributed by atoms with Crippen LogP contribution in [-0.2, 0) is 6.54 Å². The van der Waals surface area contributed by atoms with Gasteiger partial charge in [-0.3, -0.25) is 4.90 Å². The largest absolute Gasteiger partial charge is 0.303 e. The molecule has 1 N–H and O–H groups in total. The second kappa shape index (κ2) is 8.93. The molecule has 1 aromatic heterocycles. The van der Waals surface area contributed by atoms with Crippen molar-refractivity contribution in [1.82, 2.24) is 30.4 Å². The van der Waals surface area contributed by atoms with Crippen LogP contribution in [0.2, 0.25) is 0 Å². The molecule has 0 aliphatic carbocycles. The lowest BCUT2D eigenvalue weighted by Gasteiger charge is -2.40. The fourth-order valence-corrected chi connectivity index (χ4v) is 4.85. The monoisotopic (exact) mass is 368 g/mol. The van der Waals surface area contributed by atoms with Gasteiger partial charge in [0, 0.05) is 12.1 Å². The highest BCUT2D eigenvalue weighted by Crippen LogP contribution is 2.33. The van der Waals surface area contributed by atoms with Crippen molar-refractivity contribution in [2.45, 2.75) is 45.6 Å². The molecule has 146 valence electrons. The van der Waals surface area contributed by atoms with E-state index in [0.29, 0.717) is 5.82 Å². The quantitative estimate of drug-likeness (QED) is 0.848. The van der Waals surface area contributed by atoms with Crippen LogP contribution in [0.5, 0.6) is 0 Å². The molecule has 0 radical (unpaired) electrons. The van der Waals surface area contributed by atoms with Crippen LogP contribution in [-0.4, -0.2) is 63.1 Å². The van der Waals surface area contributed by atoms with Gasteiger partial charge in [-0.2, -0.15) is 5.21 Å². The zero-order valence-electron chi connectivity index (χ0n) is 16.5. The molecule has 0 unspecified atom stereocenters. The summed E-state index contributed by atoms with van der Waals surface area (Å²) in [4.78, 5) is 5.27. The summed E-state index contributed by atoms with van der Waals surface area (Å²) in [6, 6.07) is 8.58. The predicted octanol–water partition coefficient (Wildman–Crippen LogP) is 3.20. The van der Waals surface area contributed by atoms with Gasteiger partial charge >= 0.3 is 0 Å². The number of tetrazole rings is 1. The fraction of sp³-hybridized carbons (Fsp3) is 0.667. The number of nitrogens with one attached hydrogen (secondary N) is 1. The Balaban J connectivity index is 1.23. The molecule has 2 aromatic rings. The first-order valence-electron chi connectivity index (χ1n) is 10.6. The molecule has 2 fully saturated rings. The van der Waals surface area contributed by atoms with E-state index in [9.17, 15) is 0 Å². The predicted molar refractivity (Wildman–Crippen MR) is 107 cm³/mol. The van der Waals surface area contributed by atoms with E-state index in [2.05, 4.69) is 61.6 Å². The highest BCUT2D eigenvalue weighted by molar-refractivity contribution is 5.54. The summed E-state index contributed by atoms with van der Waals surface area (Å²) in [5, 5.41) is 14.2. The molecular formula is C21H32N6. The lowest BCUT2D eigenvalue weighted by Crippen LogP contribution is -2.40. The van der Waals surface area contributed by atoms with Crippen LogP contribution in [0.25, 0.3) is 11.4 Å². The molecule has 6 nitrogen and oxygen atoms in total. The van der Waals surface area contributed by atoms with E-state index < -0.39 is 0 Å². The minimum Gasteiger partial charge on any atom is -0.303 e. The minimum atomic E-state index is 0.660. The van der Waals surface area contributed by atoms with Crippen LogP contribution in [0.3, 0.4) is 0 Å². The third-order valence-electron chi connectivity index (χ3n) is 6.43. The number of aromatic nitrogens is 4. The van der Waals surface area contributed by atoms with Gasteiger partial charge in [0.05, 0.1) is 0 Å². The standard InChI is InChI=1S/C21H32N6/c1-2-11-26-12-7-18(8-13-26)19-9-14-27(15-10-19)16-17-3-5-20(6-4-17)21-22-24-25-23-21/h3-6,18-19H,2,7-16H2,1H3,(H,22,23,24,25). The molecule has 0 amide bonds. The highest BCUT2D eigenvalue weighted by atomic mass is 15.5. The van der Waals surface area contributed by atoms with Crippen LogP contribution in [0.15, 0.2) is 24.3 Å². The van der Waals surface area contributed by atoms with Crippen molar-refractivity contribution in [3.05, 3.63) is 29.8 Å². The lowest BCUT2D eigenvalue weighted by molar-refractivity contribution is 0.0936. The molecule has 1 aromatic carbocycles. The Hall–Kier alpha value is -1.79. The molecule has 6 heteroatoms. The zero-order chi connectivity index (χ0) is 18.5. The van der Waals surface area contributed by atoms with Crippen molar-refractivity contribution in [2.75, 3.05) is 32.7 Å². The first-order valence-corrected chi connectivity index (χ1v) is 10.6. The molecule has 0 bridgehead atoms. The van der Waals surface area contributed by atoms with Crippen LogP contribution in [0.4, 0.5) is 0 Å². The molecular weight excluding hydrogens is 336 g/mol. The van der Waals surface area contributed by atoms with Crippen LogP contribution in [0, 0.1) is 11.8 Å². The number of hydrogen-bond acceptors (Lipinski definition) is 5. The average Bonchev–Trinajstić information content (AvgIpc) is 3.25. The van der Waals surface area contributed by atoms with Crippen molar-refractivity contribution in [3.63, 3.8) is 0 Å². The molecule has 3 heterocycles. The van der Waals surface area contributed by atoms with Gasteiger partial charge in [0.2, 0.25) is 5.82 Å². The summed E-state index contributed by atoms with van der Waals surface area (Å²) in [5.41, 5.74) is 2.38. The smallest absolute Gasteiger partial charge is 0.204 e. The first kappa shape index (κ1) is 18.6. The Bertz CT molecular complexity index is 667. The second-order valence-electron chi connectivity index (χ2n) is 8.22. The molecule has 27 heavy (non-hydrogen) atoms. The summed E-state index contributed by atoms with van der Waals surface area (Å²) >= 11 is 0. The third-order valence-corrected chi connectivity index (χ3v) is 6.43. The Morgan fingerprint density at radius 3 is 2.11 bits per heavy atom. The van der Waals surface area contributed by atoms with Gasteiger partial charge in [-0.15, -0.1) is 10.2 Å². The Kier molecular flexibility index (Phi) is 6.14. The summed E-state index contributed by atoms with van der Waals surface area (Å²) < 4.78 is 0. The molecule has 4 rings (SSSR count). The Morgan fingerprint density at radius 2 is 1.56 bits per heavy atom. The van der Waals surface area contributed by atoms with E-state index in [0.717, 1.165) is 23.9 Å². The van der Waals surface area contributed by atoms with Gasteiger partial charge in [-0.05, 0) is 87.4 Å². The van der Waals surface area contributed by atoms with E-state index in [1.54, 1.807) is 0 Å². The van der Waals surface area contributed by atoms with E-state index in [4.69, 9.17) is 0 Å². The number of H-pyrrole nitrogens is 1. The molecule has 2 aliphatic heterocycles. The maximum atomic E-state index is 4.04. The van der Waals surface area contributed by atoms with E-state index in [1.165, 1.54) is 70.4 Å². The maximum absolute atomic E-state index is 4.04. The summed E-state index contributed by atoms with van der Waals surface area (Å²) in [7, 11) is 0. The zero-order valence-corrected chi connectivity index (χ0v) is 16.5. The van der Waals surface area contributed by atoms with Crippen molar-refractivity contribution >= 4 is 0 Å². The maximum Gasteiger partial charge on any atom is 0.204 e. The van der Waals surface area contributed by atoms with Gasteiger partial charge in [-0.25, -0.2) is 0 Å². The number of likely N-dealkylation sites (tertiary alicyclic amines) is 2. The Morgan fingerprint density at radius 1 is 0.926 bits per heavy atom. The average molecular weight is 369 g/mol. The van der Waals surface area contributed by atoms with E-state index >= 15 is 0 Å². The van der Waals surface area contributed by atoms with Gasteiger partial charge in [0.25, 0.3) is 0 Å². The SMILES string of the molecule is CCCN1CCC(C2CCN(Cc3ccc(-c4nn[nH]n4)cc3)CC2)CC1. The van der Waals surface area contributed by atoms with E-state index in [1.807, 2.05) is 0 Å². The van der Waals surface area contributed by atoms with Crippen molar-refractivity contribution in [2.24, 2.45) is 11.8 Å².